The highest BCUT2D eigenvalue weighted by Gasteiger charge is 2.31. The van der Waals surface area contributed by atoms with Crippen molar-refractivity contribution < 1.29 is 4.79 Å². The molecule has 0 bridgehead atoms. The third kappa shape index (κ3) is 3.21. The molecule has 3 nitrogen and oxygen atoms in total. The van der Waals surface area contributed by atoms with Crippen LogP contribution in [0.5, 0.6) is 0 Å². The third-order valence-corrected chi connectivity index (χ3v) is 4.08. The van der Waals surface area contributed by atoms with Gasteiger partial charge in [-0.15, -0.1) is 0 Å². The largest absolute Gasteiger partial charge is 0.349 e. The number of hydrogen-bond donors (Lipinski definition) is 2. The van der Waals surface area contributed by atoms with Gasteiger partial charge in [0.1, 0.15) is 0 Å². The van der Waals surface area contributed by atoms with Crippen molar-refractivity contribution in [3.63, 3.8) is 0 Å². The van der Waals surface area contributed by atoms with E-state index in [0.717, 1.165) is 12.8 Å². The number of rotatable bonds is 4. The van der Waals surface area contributed by atoms with Crippen LogP contribution < -0.4 is 11.1 Å². The Bertz CT molecular complexity index is 234. The molecule has 1 fully saturated rings. The van der Waals surface area contributed by atoms with Gasteiger partial charge < -0.3 is 11.1 Å². The van der Waals surface area contributed by atoms with Crippen LogP contribution in [0, 0.1) is 11.8 Å². The monoisotopic (exact) mass is 226 g/mol. The van der Waals surface area contributed by atoms with Crippen LogP contribution >= 0.6 is 0 Å². The zero-order valence-corrected chi connectivity index (χ0v) is 10.9. The van der Waals surface area contributed by atoms with Crippen molar-refractivity contribution in [2.24, 2.45) is 17.6 Å². The molecule has 16 heavy (non-hydrogen) atoms. The first kappa shape index (κ1) is 13.5. The standard InChI is InChI=1S/C13H26N2O/c1-10(2)13(3,9-14)15-12(16)11-7-5-4-6-8-11/h10-11H,4-9,14H2,1-3H3,(H,15,16). The average Bonchev–Trinajstić information content (AvgIpc) is 2.29. The highest BCUT2D eigenvalue weighted by atomic mass is 16.2. The zero-order valence-electron chi connectivity index (χ0n) is 10.9. The Morgan fingerprint density at radius 3 is 2.38 bits per heavy atom. The van der Waals surface area contributed by atoms with Crippen LogP contribution in [0.4, 0.5) is 0 Å². The van der Waals surface area contributed by atoms with Gasteiger partial charge in [0, 0.05) is 12.5 Å². The van der Waals surface area contributed by atoms with Gasteiger partial charge >= 0.3 is 0 Å². The lowest BCUT2D eigenvalue weighted by Gasteiger charge is -2.35. The van der Waals surface area contributed by atoms with E-state index in [1.165, 1.54) is 19.3 Å². The molecule has 1 unspecified atom stereocenters. The molecule has 0 aromatic heterocycles. The van der Waals surface area contributed by atoms with Crippen molar-refractivity contribution in [3.05, 3.63) is 0 Å². The van der Waals surface area contributed by atoms with E-state index in [9.17, 15) is 4.79 Å². The Labute approximate surface area is 99.2 Å². The number of carbonyl (C=O) groups is 1. The number of hydrogen-bond acceptors (Lipinski definition) is 2. The smallest absolute Gasteiger partial charge is 0.223 e. The van der Waals surface area contributed by atoms with Crippen LogP contribution in [-0.4, -0.2) is 18.0 Å². The van der Waals surface area contributed by atoms with Crippen molar-refractivity contribution in [1.29, 1.82) is 0 Å². The highest BCUT2D eigenvalue weighted by Crippen LogP contribution is 2.25. The van der Waals surface area contributed by atoms with Crippen LogP contribution in [0.3, 0.4) is 0 Å². The summed E-state index contributed by atoms with van der Waals surface area (Å²) >= 11 is 0. The van der Waals surface area contributed by atoms with Crippen LogP contribution in [0.2, 0.25) is 0 Å². The second-order valence-corrected chi connectivity index (χ2v) is 5.60. The first-order valence-electron chi connectivity index (χ1n) is 6.51. The molecule has 1 saturated carbocycles. The average molecular weight is 226 g/mol. The number of nitrogens with two attached hydrogens (primary N) is 1. The summed E-state index contributed by atoms with van der Waals surface area (Å²) in [7, 11) is 0. The number of nitrogens with one attached hydrogen (secondary N) is 1. The molecule has 1 aliphatic rings. The van der Waals surface area contributed by atoms with E-state index < -0.39 is 0 Å². The maximum atomic E-state index is 12.1. The topological polar surface area (TPSA) is 55.1 Å². The summed E-state index contributed by atoms with van der Waals surface area (Å²) in [6.07, 6.45) is 5.76. The van der Waals surface area contributed by atoms with E-state index >= 15 is 0 Å². The summed E-state index contributed by atoms with van der Waals surface area (Å²) < 4.78 is 0. The van der Waals surface area contributed by atoms with Crippen LogP contribution in [0.25, 0.3) is 0 Å². The van der Waals surface area contributed by atoms with Crippen molar-refractivity contribution in [2.75, 3.05) is 6.54 Å². The van der Waals surface area contributed by atoms with E-state index in [4.69, 9.17) is 5.73 Å². The third-order valence-electron chi connectivity index (χ3n) is 4.08. The quantitative estimate of drug-likeness (QED) is 0.771. The van der Waals surface area contributed by atoms with Gasteiger partial charge in [-0.05, 0) is 25.7 Å². The van der Waals surface area contributed by atoms with Crippen LogP contribution in [-0.2, 0) is 4.79 Å². The van der Waals surface area contributed by atoms with Crippen LogP contribution in [0.1, 0.15) is 52.9 Å². The predicted octanol–water partition coefficient (Wildman–Crippen LogP) is 2.06. The van der Waals surface area contributed by atoms with Gasteiger partial charge in [0.15, 0.2) is 0 Å². The van der Waals surface area contributed by atoms with Crippen molar-refractivity contribution in [1.82, 2.24) is 5.32 Å². The molecule has 3 heteroatoms. The Kier molecular flexibility index (Phi) is 4.78. The second-order valence-electron chi connectivity index (χ2n) is 5.60. The van der Waals surface area contributed by atoms with E-state index in [2.05, 4.69) is 19.2 Å². The predicted molar refractivity (Wildman–Crippen MR) is 67.0 cm³/mol. The molecule has 0 saturated heterocycles. The molecule has 1 rings (SSSR count). The maximum absolute atomic E-state index is 12.1. The lowest BCUT2D eigenvalue weighted by atomic mass is 9.85. The first-order valence-corrected chi connectivity index (χ1v) is 6.51. The molecule has 0 radical (unpaired) electrons. The molecule has 1 amide bonds. The Morgan fingerprint density at radius 1 is 1.38 bits per heavy atom. The van der Waals surface area contributed by atoms with E-state index in [0.29, 0.717) is 12.5 Å². The summed E-state index contributed by atoms with van der Waals surface area (Å²) in [5.41, 5.74) is 5.52. The molecule has 0 aromatic carbocycles. The van der Waals surface area contributed by atoms with Gasteiger partial charge in [-0.1, -0.05) is 33.1 Å². The summed E-state index contributed by atoms with van der Waals surface area (Å²) in [6, 6.07) is 0. The highest BCUT2D eigenvalue weighted by molar-refractivity contribution is 5.79. The molecular formula is C13H26N2O. The molecule has 94 valence electrons. The lowest BCUT2D eigenvalue weighted by Crippen LogP contribution is -2.56. The molecule has 0 aromatic rings. The van der Waals surface area contributed by atoms with Gasteiger partial charge in [0.05, 0.1) is 5.54 Å². The summed E-state index contributed by atoms with van der Waals surface area (Å²) in [4.78, 5) is 12.1. The fourth-order valence-corrected chi connectivity index (χ4v) is 2.18. The van der Waals surface area contributed by atoms with Crippen LogP contribution in [0.15, 0.2) is 0 Å². The Morgan fingerprint density at radius 2 is 1.94 bits per heavy atom. The Balaban J connectivity index is 2.54. The zero-order chi connectivity index (χ0) is 12.2. The minimum atomic E-state index is -0.255. The summed E-state index contributed by atoms with van der Waals surface area (Å²) in [6.45, 7) is 6.75. The fraction of sp³-hybridized carbons (Fsp3) is 0.923. The molecule has 0 heterocycles. The lowest BCUT2D eigenvalue weighted by molar-refractivity contribution is -0.128. The Hall–Kier alpha value is -0.570. The van der Waals surface area contributed by atoms with Gasteiger partial charge in [-0.2, -0.15) is 0 Å². The fourth-order valence-electron chi connectivity index (χ4n) is 2.18. The minimum absolute atomic E-state index is 0.210. The summed E-state index contributed by atoms with van der Waals surface area (Å²) in [5, 5.41) is 3.15. The maximum Gasteiger partial charge on any atom is 0.223 e. The molecule has 3 N–H and O–H groups in total. The van der Waals surface area contributed by atoms with Crippen molar-refractivity contribution >= 4 is 5.91 Å². The normalized spacial score (nSPS) is 21.8. The van der Waals surface area contributed by atoms with Gasteiger partial charge in [-0.3, -0.25) is 4.79 Å². The first-order chi connectivity index (χ1) is 7.49. The second kappa shape index (κ2) is 5.67. The van der Waals surface area contributed by atoms with Gasteiger partial charge in [-0.25, -0.2) is 0 Å². The van der Waals surface area contributed by atoms with Crippen molar-refractivity contribution in [3.8, 4) is 0 Å². The minimum Gasteiger partial charge on any atom is -0.349 e. The van der Waals surface area contributed by atoms with Gasteiger partial charge in [0.25, 0.3) is 0 Å². The molecule has 0 aliphatic heterocycles. The number of carbonyl (C=O) groups excluding carboxylic acids is 1. The molecule has 1 aliphatic carbocycles. The van der Waals surface area contributed by atoms with E-state index in [1.807, 2.05) is 6.92 Å². The van der Waals surface area contributed by atoms with E-state index in [-0.39, 0.29) is 17.4 Å². The van der Waals surface area contributed by atoms with Gasteiger partial charge in [0.2, 0.25) is 5.91 Å². The molecule has 1 atom stereocenters. The molecular weight excluding hydrogens is 200 g/mol. The van der Waals surface area contributed by atoms with Crippen molar-refractivity contribution in [2.45, 2.75) is 58.4 Å². The number of amides is 1. The summed E-state index contributed by atoms with van der Waals surface area (Å²) in [5.74, 6) is 0.796. The van der Waals surface area contributed by atoms with E-state index in [1.54, 1.807) is 0 Å². The SMILES string of the molecule is CC(C)C(C)(CN)NC(=O)C1CCCCC1. The molecule has 0 spiro atoms.